The first-order valence-electron chi connectivity index (χ1n) is 5.16. The van der Waals surface area contributed by atoms with Crippen molar-refractivity contribution < 1.29 is 4.74 Å². The molecule has 17 heavy (non-hydrogen) atoms. The van der Waals surface area contributed by atoms with E-state index in [0.29, 0.717) is 11.6 Å². The lowest BCUT2D eigenvalue weighted by Crippen LogP contribution is -1.92. The Labute approximate surface area is 99.5 Å². The fraction of sp³-hybridized carbons (Fsp3) is 0.154. The first-order chi connectivity index (χ1) is 8.19. The van der Waals surface area contributed by atoms with Crippen molar-refractivity contribution in [2.75, 3.05) is 0 Å². The molecule has 0 bridgehead atoms. The van der Waals surface area contributed by atoms with Crippen LogP contribution >= 0.6 is 0 Å². The quantitative estimate of drug-likeness (QED) is 0.788. The van der Waals surface area contributed by atoms with Crippen LogP contribution in [-0.4, -0.2) is 9.97 Å². The summed E-state index contributed by atoms with van der Waals surface area (Å²) >= 11 is 0. The number of rotatable bonds is 2. The highest BCUT2D eigenvalue weighted by Crippen LogP contribution is 2.21. The normalized spacial score (nSPS) is 9.71. The highest BCUT2D eigenvalue weighted by molar-refractivity contribution is 5.35. The summed E-state index contributed by atoms with van der Waals surface area (Å²) in [6.45, 7) is 4.05. The minimum Gasteiger partial charge on any atom is -0.437 e. The van der Waals surface area contributed by atoms with E-state index in [4.69, 9.17) is 10.00 Å². The Morgan fingerprint density at radius 3 is 2.71 bits per heavy atom. The molecular formula is C13H11N3O. The molecule has 0 spiro atoms. The second kappa shape index (κ2) is 4.62. The third kappa shape index (κ3) is 2.58. The van der Waals surface area contributed by atoms with E-state index in [-0.39, 0.29) is 5.69 Å². The van der Waals surface area contributed by atoms with E-state index in [0.717, 1.165) is 5.56 Å². The maximum atomic E-state index is 8.70. The van der Waals surface area contributed by atoms with Crippen molar-refractivity contribution in [3.63, 3.8) is 0 Å². The Kier molecular flexibility index (Phi) is 3.01. The molecule has 0 saturated carbocycles. The second-order valence-electron chi connectivity index (χ2n) is 3.70. The van der Waals surface area contributed by atoms with E-state index in [9.17, 15) is 0 Å². The molecule has 0 amide bonds. The molecule has 0 radical (unpaired) electrons. The minimum absolute atomic E-state index is 0.242. The topological polar surface area (TPSA) is 58.8 Å². The van der Waals surface area contributed by atoms with Gasteiger partial charge in [-0.15, -0.1) is 0 Å². The lowest BCUT2D eigenvalue weighted by molar-refractivity contribution is 0.459. The standard InChI is InChI=1S/C13H11N3O/c1-9-3-4-12(5-10(9)2)17-13-8-15-7-11(6-14)16-13/h3-5,7-8H,1-2H3. The number of hydrogen-bond donors (Lipinski definition) is 0. The third-order valence-corrected chi connectivity index (χ3v) is 2.43. The maximum Gasteiger partial charge on any atom is 0.239 e. The summed E-state index contributed by atoms with van der Waals surface area (Å²) in [6, 6.07) is 7.69. The minimum atomic E-state index is 0.242. The van der Waals surface area contributed by atoms with E-state index in [1.807, 2.05) is 38.1 Å². The molecule has 0 aliphatic heterocycles. The Morgan fingerprint density at radius 1 is 1.18 bits per heavy atom. The van der Waals surface area contributed by atoms with Gasteiger partial charge in [0, 0.05) is 0 Å². The van der Waals surface area contributed by atoms with Gasteiger partial charge in [0.1, 0.15) is 11.8 Å². The van der Waals surface area contributed by atoms with Gasteiger partial charge in [0.05, 0.1) is 12.4 Å². The van der Waals surface area contributed by atoms with Crippen LogP contribution in [0.25, 0.3) is 0 Å². The molecule has 0 saturated heterocycles. The summed E-state index contributed by atoms with van der Waals surface area (Å²) in [5.41, 5.74) is 2.59. The van der Waals surface area contributed by atoms with Crippen molar-refractivity contribution in [2.45, 2.75) is 13.8 Å². The number of aryl methyl sites for hydroxylation is 2. The fourth-order valence-corrected chi connectivity index (χ4v) is 1.35. The Bertz CT molecular complexity index is 587. The molecule has 2 aromatic rings. The van der Waals surface area contributed by atoms with Gasteiger partial charge in [0.15, 0.2) is 5.69 Å². The summed E-state index contributed by atoms with van der Waals surface area (Å²) in [6.07, 6.45) is 2.88. The van der Waals surface area contributed by atoms with E-state index < -0.39 is 0 Å². The van der Waals surface area contributed by atoms with E-state index in [1.54, 1.807) is 0 Å². The average molecular weight is 225 g/mol. The van der Waals surface area contributed by atoms with Gasteiger partial charge in [-0.2, -0.15) is 10.2 Å². The number of nitriles is 1. The molecule has 0 fully saturated rings. The summed E-state index contributed by atoms with van der Waals surface area (Å²) in [5, 5.41) is 8.70. The lowest BCUT2D eigenvalue weighted by atomic mass is 10.1. The van der Waals surface area contributed by atoms with Gasteiger partial charge in [0.25, 0.3) is 0 Å². The molecule has 2 rings (SSSR count). The smallest absolute Gasteiger partial charge is 0.239 e. The molecule has 0 N–H and O–H groups in total. The van der Waals surface area contributed by atoms with E-state index >= 15 is 0 Å². The van der Waals surface area contributed by atoms with Gasteiger partial charge >= 0.3 is 0 Å². The summed E-state index contributed by atoms with van der Waals surface area (Å²) in [4.78, 5) is 7.87. The van der Waals surface area contributed by atoms with Crippen LogP contribution in [-0.2, 0) is 0 Å². The summed E-state index contributed by atoms with van der Waals surface area (Å²) < 4.78 is 5.53. The van der Waals surface area contributed by atoms with Crippen LogP contribution < -0.4 is 4.74 Å². The average Bonchev–Trinajstić information content (AvgIpc) is 2.34. The van der Waals surface area contributed by atoms with E-state index in [2.05, 4.69) is 9.97 Å². The molecule has 0 aliphatic carbocycles. The molecule has 4 nitrogen and oxygen atoms in total. The van der Waals surface area contributed by atoms with Gasteiger partial charge in [-0.1, -0.05) is 6.07 Å². The molecule has 1 heterocycles. The largest absolute Gasteiger partial charge is 0.437 e. The SMILES string of the molecule is Cc1ccc(Oc2cncc(C#N)n2)cc1C. The molecule has 1 aromatic carbocycles. The van der Waals surface area contributed by atoms with Gasteiger partial charge in [-0.3, -0.25) is 4.98 Å². The van der Waals surface area contributed by atoms with Crippen molar-refractivity contribution in [1.82, 2.24) is 9.97 Å². The molecule has 0 aliphatic rings. The monoisotopic (exact) mass is 225 g/mol. The number of hydrogen-bond acceptors (Lipinski definition) is 4. The van der Waals surface area contributed by atoms with Gasteiger partial charge in [0.2, 0.25) is 5.88 Å². The van der Waals surface area contributed by atoms with Crippen molar-refractivity contribution in [2.24, 2.45) is 0 Å². The zero-order valence-electron chi connectivity index (χ0n) is 9.64. The molecule has 84 valence electrons. The number of nitrogens with zero attached hydrogens (tertiary/aromatic N) is 3. The highest BCUT2D eigenvalue weighted by Gasteiger charge is 2.02. The van der Waals surface area contributed by atoms with Crippen molar-refractivity contribution in [3.8, 4) is 17.7 Å². The van der Waals surface area contributed by atoms with Crippen LogP contribution in [0.3, 0.4) is 0 Å². The Hall–Kier alpha value is -2.41. The first-order valence-corrected chi connectivity index (χ1v) is 5.16. The molecular weight excluding hydrogens is 214 g/mol. The maximum absolute atomic E-state index is 8.70. The Morgan fingerprint density at radius 2 is 2.00 bits per heavy atom. The van der Waals surface area contributed by atoms with E-state index in [1.165, 1.54) is 18.0 Å². The summed E-state index contributed by atoms with van der Waals surface area (Å²) in [5.74, 6) is 1.02. The lowest BCUT2D eigenvalue weighted by Gasteiger charge is -2.06. The molecule has 1 aromatic heterocycles. The molecule has 4 heteroatoms. The number of ether oxygens (including phenoxy) is 1. The third-order valence-electron chi connectivity index (χ3n) is 2.43. The van der Waals surface area contributed by atoms with Gasteiger partial charge in [-0.05, 0) is 37.1 Å². The highest BCUT2D eigenvalue weighted by atomic mass is 16.5. The second-order valence-corrected chi connectivity index (χ2v) is 3.70. The van der Waals surface area contributed by atoms with Crippen LogP contribution in [0.4, 0.5) is 0 Å². The fourth-order valence-electron chi connectivity index (χ4n) is 1.35. The van der Waals surface area contributed by atoms with Crippen LogP contribution in [0.5, 0.6) is 11.6 Å². The number of aromatic nitrogens is 2. The van der Waals surface area contributed by atoms with Crippen LogP contribution in [0.15, 0.2) is 30.6 Å². The molecule has 0 atom stereocenters. The zero-order valence-corrected chi connectivity index (χ0v) is 9.64. The van der Waals surface area contributed by atoms with Crippen molar-refractivity contribution in [3.05, 3.63) is 47.4 Å². The molecule has 0 unspecified atom stereocenters. The van der Waals surface area contributed by atoms with Gasteiger partial charge < -0.3 is 4.74 Å². The van der Waals surface area contributed by atoms with Crippen LogP contribution in [0, 0.1) is 25.2 Å². The zero-order chi connectivity index (χ0) is 12.3. The number of benzene rings is 1. The first kappa shape index (κ1) is 11.1. The van der Waals surface area contributed by atoms with Crippen molar-refractivity contribution in [1.29, 1.82) is 5.26 Å². The summed E-state index contributed by atoms with van der Waals surface area (Å²) in [7, 11) is 0. The Balaban J connectivity index is 2.25. The van der Waals surface area contributed by atoms with Crippen LogP contribution in [0.2, 0.25) is 0 Å². The van der Waals surface area contributed by atoms with Crippen LogP contribution in [0.1, 0.15) is 16.8 Å². The van der Waals surface area contributed by atoms with Crippen molar-refractivity contribution >= 4 is 0 Å². The van der Waals surface area contributed by atoms with Gasteiger partial charge in [-0.25, -0.2) is 0 Å². The predicted octanol–water partition coefficient (Wildman–Crippen LogP) is 2.76. The predicted molar refractivity (Wildman–Crippen MR) is 62.7 cm³/mol.